The van der Waals surface area contributed by atoms with Gasteiger partial charge in [-0.2, -0.15) is 0 Å². The summed E-state index contributed by atoms with van der Waals surface area (Å²) in [4.78, 5) is 68.4. The number of hydrogen-bond donors (Lipinski definition) is 3. The number of esters is 1. The molecule has 0 aliphatic carbocycles. The Morgan fingerprint density at radius 3 is 1.96 bits per heavy atom. The van der Waals surface area contributed by atoms with Gasteiger partial charge in [0, 0.05) is 18.9 Å². The van der Waals surface area contributed by atoms with E-state index in [1.807, 2.05) is 62.4 Å². The number of aryl methyl sites for hydroxylation is 2. The summed E-state index contributed by atoms with van der Waals surface area (Å²) in [6, 6.07) is 10.7. The lowest BCUT2D eigenvalue weighted by atomic mass is 9.94. The number of hydrogen-bond acceptors (Lipinski definition) is 7. The van der Waals surface area contributed by atoms with Gasteiger partial charge < -0.3 is 30.7 Å². The molecule has 11 nitrogen and oxygen atoms in total. The smallest absolute Gasteiger partial charge is 0.408 e. The van der Waals surface area contributed by atoms with Gasteiger partial charge in [0.2, 0.25) is 17.7 Å². The average Bonchev–Trinajstić information content (AvgIpc) is 2.93. The maximum Gasteiger partial charge on any atom is 0.408 e. The second kappa shape index (κ2) is 16.4. The normalized spacial score (nSPS) is 13.6. The topological polar surface area (TPSA) is 157 Å². The van der Waals surface area contributed by atoms with Crippen LogP contribution in [0.1, 0.15) is 96.5 Å². The third-order valence-electron chi connectivity index (χ3n) is 7.03. The molecule has 0 bridgehead atoms. The van der Waals surface area contributed by atoms with Gasteiger partial charge in [0.25, 0.3) is 0 Å². The van der Waals surface area contributed by atoms with E-state index >= 15 is 0 Å². The molecule has 0 heterocycles. The minimum absolute atomic E-state index is 0.119. The quantitative estimate of drug-likeness (QED) is 0.262. The lowest BCUT2D eigenvalue weighted by molar-refractivity contribution is -0.159. The zero-order valence-corrected chi connectivity index (χ0v) is 29.4. The SMILES string of the molecule is Cc1ccc(C)c(C(C(=O)NC(Cc2ccccc2)C(=O)OC(C)(C)C)N(C(=O)C(CCC(N)=O)NC(=O)OC(C)(C)C)C(C)C)c1. The summed E-state index contributed by atoms with van der Waals surface area (Å²) in [6.45, 7) is 17.5. The largest absolute Gasteiger partial charge is 0.458 e. The Kier molecular flexibility index (Phi) is 13.5. The van der Waals surface area contributed by atoms with Crippen LogP contribution in [0, 0.1) is 13.8 Å². The van der Waals surface area contributed by atoms with Crippen molar-refractivity contribution in [2.75, 3.05) is 0 Å². The van der Waals surface area contributed by atoms with Crippen molar-refractivity contribution in [3.8, 4) is 0 Å². The van der Waals surface area contributed by atoms with Gasteiger partial charge in [-0.05, 0) is 92.3 Å². The molecule has 0 saturated heterocycles. The van der Waals surface area contributed by atoms with Crippen LogP contribution in [-0.4, -0.2) is 64.0 Å². The summed E-state index contributed by atoms with van der Waals surface area (Å²) in [7, 11) is 0. The van der Waals surface area contributed by atoms with E-state index in [0.29, 0.717) is 5.56 Å². The number of carbonyl (C=O) groups is 5. The first-order valence-corrected chi connectivity index (χ1v) is 15.9. The molecule has 3 unspecified atom stereocenters. The highest BCUT2D eigenvalue weighted by molar-refractivity contribution is 5.94. The first-order chi connectivity index (χ1) is 21.7. The van der Waals surface area contributed by atoms with Gasteiger partial charge in [-0.15, -0.1) is 0 Å². The molecule has 2 rings (SSSR count). The lowest BCUT2D eigenvalue weighted by Gasteiger charge is -2.38. The molecule has 258 valence electrons. The number of carbonyl (C=O) groups excluding carboxylic acids is 5. The molecule has 0 aliphatic heterocycles. The maximum atomic E-state index is 14.5. The fraction of sp³-hybridized carbons (Fsp3) is 0.528. The summed E-state index contributed by atoms with van der Waals surface area (Å²) in [6.07, 6.45) is -1.02. The van der Waals surface area contributed by atoms with Crippen LogP contribution in [0.4, 0.5) is 4.79 Å². The van der Waals surface area contributed by atoms with Crippen LogP contribution in [0.5, 0.6) is 0 Å². The summed E-state index contributed by atoms with van der Waals surface area (Å²) in [5.74, 6) is -2.51. The minimum atomic E-state index is -1.24. The molecule has 0 aliphatic rings. The Labute approximate surface area is 278 Å². The van der Waals surface area contributed by atoms with Crippen molar-refractivity contribution in [3.05, 3.63) is 70.8 Å². The van der Waals surface area contributed by atoms with E-state index in [2.05, 4.69) is 10.6 Å². The van der Waals surface area contributed by atoms with E-state index in [-0.39, 0.29) is 19.3 Å². The number of ether oxygens (including phenoxy) is 2. The van der Waals surface area contributed by atoms with Crippen molar-refractivity contribution in [1.82, 2.24) is 15.5 Å². The van der Waals surface area contributed by atoms with Crippen LogP contribution in [0.2, 0.25) is 0 Å². The summed E-state index contributed by atoms with van der Waals surface area (Å²) in [5, 5.41) is 5.48. The van der Waals surface area contributed by atoms with Gasteiger partial charge in [-0.25, -0.2) is 9.59 Å². The predicted molar refractivity (Wildman–Crippen MR) is 180 cm³/mol. The van der Waals surface area contributed by atoms with E-state index < -0.39 is 65.2 Å². The lowest BCUT2D eigenvalue weighted by Crippen LogP contribution is -2.57. The van der Waals surface area contributed by atoms with E-state index in [0.717, 1.165) is 16.7 Å². The average molecular weight is 653 g/mol. The van der Waals surface area contributed by atoms with Crippen molar-refractivity contribution in [2.45, 2.75) is 124 Å². The van der Waals surface area contributed by atoms with Crippen LogP contribution < -0.4 is 16.4 Å². The highest BCUT2D eigenvalue weighted by atomic mass is 16.6. The fourth-order valence-corrected chi connectivity index (χ4v) is 4.99. The maximum absolute atomic E-state index is 14.5. The molecule has 0 fully saturated rings. The zero-order chi connectivity index (χ0) is 35.7. The van der Waals surface area contributed by atoms with Crippen molar-refractivity contribution in [3.63, 3.8) is 0 Å². The molecule has 0 spiro atoms. The van der Waals surface area contributed by atoms with E-state index in [9.17, 15) is 24.0 Å². The van der Waals surface area contributed by atoms with Crippen LogP contribution in [0.3, 0.4) is 0 Å². The number of benzene rings is 2. The zero-order valence-electron chi connectivity index (χ0n) is 29.4. The number of amides is 4. The van der Waals surface area contributed by atoms with E-state index in [1.54, 1.807) is 55.4 Å². The summed E-state index contributed by atoms with van der Waals surface area (Å²) in [5.41, 5.74) is 6.68. The summed E-state index contributed by atoms with van der Waals surface area (Å²) >= 11 is 0. The third kappa shape index (κ3) is 12.7. The Bertz CT molecular complexity index is 1410. The molecule has 0 saturated carbocycles. The van der Waals surface area contributed by atoms with Crippen molar-refractivity contribution < 1.29 is 33.4 Å². The van der Waals surface area contributed by atoms with Crippen LogP contribution in [0.15, 0.2) is 48.5 Å². The molecule has 0 radical (unpaired) electrons. The third-order valence-corrected chi connectivity index (χ3v) is 7.03. The standard InChI is InChI=1S/C36H52N4O7/c1-22(2)40(32(43)27(18-19-29(37)41)39-34(45)47-36(8,9)10)30(26-20-23(3)16-17-24(26)4)31(42)38-28(33(44)46-35(5,6)7)21-25-14-12-11-13-15-25/h11-17,20,22,27-28,30H,18-19,21H2,1-10H3,(H2,37,41)(H,38,42)(H,39,45). The number of primary amides is 1. The Morgan fingerprint density at radius 1 is 0.830 bits per heavy atom. The highest BCUT2D eigenvalue weighted by Crippen LogP contribution is 2.29. The first kappa shape index (κ1) is 38.8. The molecule has 47 heavy (non-hydrogen) atoms. The Balaban J connectivity index is 2.66. The number of nitrogens with two attached hydrogens (primary N) is 1. The van der Waals surface area contributed by atoms with Gasteiger partial charge in [0.05, 0.1) is 0 Å². The number of alkyl carbamates (subject to hydrolysis) is 1. The molecule has 2 aromatic carbocycles. The van der Waals surface area contributed by atoms with Crippen molar-refractivity contribution >= 4 is 29.8 Å². The first-order valence-electron chi connectivity index (χ1n) is 15.9. The second-order valence-corrected chi connectivity index (χ2v) is 14.1. The highest BCUT2D eigenvalue weighted by Gasteiger charge is 2.40. The Morgan fingerprint density at radius 2 is 1.43 bits per heavy atom. The van der Waals surface area contributed by atoms with Crippen LogP contribution >= 0.6 is 0 Å². The Hall–Kier alpha value is -4.41. The molecule has 4 N–H and O–H groups in total. The number of nitrogens with one attached hydrogen (secondary N) is 2. The van der Waals surface area contributed by atoms with Gasteiger partial charge in [-0.3, -0.25) is 14.4 Å². The van der Waals surface area contributed by atoms with Gasteiger partial charge in [-0.1, -0.05) is 54.1 Å². The molecular weight excluding hydrogens is 600 g/mol. The number of rotatable bonds is 13. The molecule has 2 aromatic rings. The van der Waals surface area contributed by atoms with Gasteiger partial charge in [0.1, 0.15) is 29.3 Å². The molecular formula is C36H52N4O7. The van der Waals surface area contributed by atoms with Crippen molar-refractivity contribution in [1.29, 1.82) is 0 Å². The van der Waals surface area contributed by atoms with E-state index in [4.69, 9.17) is 15.2 Å². The molecule has 0 aromatic heterocycles. The minimum Gasteiger partial charge on any atom is -0.458 e. The van der Waals surface area contributed by atoms with Gasteiger partial charge >= 0.3 is 12.1 Å². The molecule has 11 heteroatoms. The van der Waals surface area contributed by atoms with E-state index in [1.165, 1.54) is 4.90 Å². The van der Waals surface area contributed by atoms with Crippen LogP contribution in [0.25, 0.3) is 0 Å². The predicted octanol–water partition coefficient (Wildman–Crippen LogP) is 4.81. The van der Waals surface area contributed by atoms with Crippen LogP contribution in [-0.2, 0) is 35.1 Å². The monoisotopic (exact) mass is 652 g/mol. The van der Waals surface area contributed by atoms with Gasteiger partial charge in [0.15, 0.2) is 0 Å². The fourth-order valence-electron chi connectivity index (χ4n) is 4.99. The molecule has 3 atom stereocenters. The second-order valence-electron chi connectivity index (χ2n) is 14.1. The number of nitrogens with zero attached hydrogens (tertiary/aromatic N) is 1. The molecule has 4 amide bonds. The summed E-state index contributed by atoms with van der Waals surface area (Å²) < 4.78 is 11.1. The van der Waals surface area contributed by atoms with Crippen molar-refractivity contribution in [2.24, 2.45) is 5.73 Å².